The van der Waals surface area contributed by atoms with E-state index in [1.165, 1.54) is 11.8 Å². The first-order chi connectivity index (χ1) is 22.2. The predicted molar refractivity (Wildman–Crippen MR) is 177 cm³/mol. The number of carbonyl (C=O) groups is 5. The average Bonchev–Trinajstić information content (AvgIpc) is 3.52. The highest BCUT2D eigenvalue weighted by Gasteiger charge is 2.41. The van der Waals surface area contributed by atoms with Gasteiger partial charge in [-0.1, -0.05) is 74.5 Å². The molecule has 0 bridgehead atoms. The van der Waals surface area contributed by atoms with E-state index in [4.69, 9.17) is 4.74 Å². The zero-order valence-corrected chi connectivity index (χ0v) is 28.1. The number of hydrogen-bond donors (Lipinski definition) is 5. The first-order valence-electron chi connectivity index (χ1n) is 16.1. The summed E-state index contributed by atoms with van der Waals surface area (Å²) in [5.41, 5.74) is 1.06. The van der Waals surface area contributed by atoms with Crippen molar-refractivity contribution in [3.8, 4) is 0 Å². The minimum absolute atomic E-state index is 0.0291. The van der Waals surface area contributed by atoms with Crippen LogP contribution in [-0.2, 0) is 36.9 Å². The first-order valence-corrected chi connectivity index (χ1v) is 16.1. The van der Waals surface area contributed by atoms with Gasteiger partial charge in [-0.05, 0) is 64.0 Å². The lowest BCUT2D eigenvalue weighted by atomic mass is 9.97. The molecule has 5 N–H and O–H groups in total. The summed E-state index contributed by atoms with van der Waals surface area (Å²) < 4.78 is 5.20. The zero-order chi connectivity index (χ0) is 34.7. The van der Waals surface area contributed by atoms with Gasteiger partial charge in [0, 0.05) is 12.1 Å². The SMILES string of the molecule is CC(C)[C@H](NC(=O)[C@H](C)NC(=O)OCc1ccccc1)C(=O)N[C@@H](Cc1ccccc1)C(O)C(=O)N1CCC[C@H]1C(=O)NC(C)(C)C. The molecule has 47 heavy (non-hydrogen) atoms. The van der Waals surface area contributed by atoms with Crippen LogP contribution >= 0.6 is 0 Å². The topological polar surface area (TPSA) is 166 Å². The fourth-order valence-corrected chi connectivity index (χ4v) is 5.30. The highest BCUT2D eigenvalue weighted by Crippen LogP contribution is 2.21. The van der Waals surface area contributed by atoms with Crippen LogP contribution < -0.4 is 21.3 Å². The molecule has 1 aliphatic heterocycles. The molecule has 0 saturated carbocycles. The smallest absolute Gasteiger partial charge is 0.408 e. The Morgan fingerprint density at radius 2 is 1.47 bits per heavy atom. The van der Waals surface area contributed by atoms with Gasteiger partial charge in [-0.15, -0.1) is 0 Å². The molecule has 0 spiro atoms. The van der Waals surface area contributed by atoms with Gasteiger partial charge >= 0.3 is 6.09 Å². The number of ether oxygens (including phenoxy) is 1. The monoisotopic (exact) mass is 651 g/mol. The van der Waals surface area contributed by atoms with Crippen molar-refractivity contribution in [3.63, 3.8) is 0 Å². The van der Waals surface area contributed by atoms with Crippen molar-refractivity contribution in [3.05, 3.63) is 71.8 Å². The van der Waals surface area contributed by atoms with E-state index in [0.717, 1.165) is 11.1 Å². The maximum absolute atomic E-state index is 13.7. The minimum atomic E-state index is -1.66. The van der Waals surface area contributed by atoms with Crippen LogP contribution in [0.3, 0.4) is 0 Å². The van der Waals surface area contributed by atoms with Crippen LogP contribution in [0.2, 0.25) is 0 Å². The van der Waals surface area contributed by atoms with E-state index in [9.17, 15) is 29.1 Å². The molecule has 2 aromatic rings. The zero-order valence-electron chi connectivity index (χ0n) is 28.1. The van der Waals surface area contributed by atoms with Crippen LogP contribution in [0.15, 0.2) is 60.7 Å². The van der Waals surface area contributed by atoms with E-state index in [-0.39, 0.29) is 24.9 Å². The number of aliphatic hydroxyl groups is 1. The molecule has 5 amide bonds. The molecule has 1 heterocycles. The number of hydrogen-bond acceptors (Lipinski definition) is 7. The summed E-state index contributed by atoms with van der Waals surface area (Å²) in [7, 11) is 0. The van der Waals surface area contributed by atoms with Crippen LogP contribution in [-0.4, -0.2) is 82.1 Å². The first kappa shape index (κ1) is 37.0. The van der Waals surface area contributed by atoms with Crippen LogP contribution in [0.4, 0.5) is 4.79 Å². The molecule has 1 fully saturated rings. The third-order valence-electron chi connectivity index (χ3n) is 7.78. The van der Waals surface area contributed by atoms with Crippen molar-refractivity contribution in [1.29, 1.82) is 0 Å². The van der Waals surface area contributed by atoms with Crippen LogP contribution in [0.1, 0.15) is 65.5 Å². The highest BCUT2D eigenvalue weighted by molar-refractivity contribution is 5.93. The Morgan fingerprint density at radius 1 is 0.872 bits per heavy atom. The Kier molecular flexibility index (Phi) is 13.3. The highest BCUT2D eigenvalue weighted by atomic mass is 16.5. The number of rotatable bonds is 13. The predicted octanol–water partition coefficient (Wildman–Crippen LogP) is 2.44. The Morgan fingerprint density at radius 3 is 2.04 bits per heavy atom. The van der Waals surface area contributed by atoms with Gasteiger partial charge in [0.2, 0.25) is 17.7 Å². The van der Waals surface area contributed by atoms with Crippen molar-refractivity contribution < 1.29 is 33.8 Å². The van der Waals surface area contributed by atoms with Crippen molar-refractivity contribution in [2.75, 3.05) is 6.54 Å². The molecule has 1 saturated heterocycles. The largest absolute Gasteiger partial charge is 0.445 e. The minimum Gasteiger partial charge on any atom is -0.445 e. The molecule has 0 aromatic heterocycles. The molecule has 0 aliphatic carbocycles. The fourth-order valence-electron chi connectivity index (χ4n) is 5.30. The Hall–Kier alpha value is -4.45. The number of carbonyl (C=O) groups excluding carboxylic acids is 5. The quantitative estimate of drug-likeness (QED) is 0.222. The Bertz CT molecular complexity index is 1360. The molecule has 3 rings (SSSR count). The van der Waals surface area contributed by atoms with E-state index in [2.05, 4.69) is 21.3 Å². The molecule has 2 aromatic carbocycles. The van der Waals surface area contributed by atoms with Gasteiger partial charge in [0.25, 0.3) is 5.91 Å². The lowest BCUT2D eigenvalue weighted by Crippen LogP contribution is -2.60. The van der Waals surface area contributed by atoms with Crippen LogP contribution in [0.5, 0.6) is 0 Å². The summed E-state index contributed by atoms with van der Waals surface area (Å²) in [5, 5.41) is 22.3. The van der Waals surface area contributed by atoms with Crippen molar-refractivity contribution in [2.24, 2.45) is 5.92 Å². The molecule has 5 atom stereocenters. The standard InChI is InChI=1S/C35H49N5O7/c1-22(2)28(38-30(42)23(3)36-34(46)47-21-25-16-11-8-12-17-25)32(44)37-26(20-24-14-9-7-10-15-24)29(41)33(45)40-19-13-18-27(40)31(43)39-35(4,5)6/h7-12,14-17,22-23,26-29,41H,13,18-21H2,1-6H3,(H,36,46)(H,37,44)(H,38,42)(H,39,43)/t23-,26-,27-,28-,29?/m0/s1. The van der Waals surface area contributed by atoms with Gasteiger partial charge in [-0.25, -0.2) is 4.79 Å². The van der Waals surface area contributed by atoms with Crippen molar-refractivity contribution >= 4 is 29.7 Å². The molecule has 1 aliphatic rings. The summed E-state index contributed by atoms with van der Waals surface area (Å²) in [5.74, 6) is -2.56. The number of nitrogens with one attached hydrogen (secondary N) is 4. The van der Waals surface area contributed by atoms with Crippen molar-refractivity contribution in [1.82, 2.24) is 26.2 Å². The van der Waals surface area contributed by atoms with E-state index in [0.29, 0.717) is 19.4 Å². The van der Waals surface area contributed by atoms with Crippen molar-refractivity contribution in [2.45, 2.75) is 103 Å². The average molecular weight is 652 g/mol. The van der Waals surface area contributed by atoms with Gasteiger partial charge in [0.05, 0.1) is 6.04 Å². The second kappa shape index (κ2) is 16.9. The number of aliphatic hydroxyl groups excluding tert-OH is 1. The Balaban J connectivity index is 1.70. The number of amides is 5. The van der Waals surface area contributed by atoms with E-state index >= 15 is 0 Å². The molecular weight excluding hydrogens is 602 g/mol. The second-order valence-electron chi connectivity index (χ2n) is 13.3. The van der Waals surface area contributed by atoms with E-state index in [1.54, 1.807) is 26.0 Å². The fraction of sp³-hybridized carbons (Fsp3) is 0.514. The summed E-state index contributed by atoms with van der Waals surface area (Å²) >= 11 is 0. The van der Waals surface area contributed by atoms with E-state index in [1.807, 2.05) is 69.3 Å². The lowest BCUT2D eigenvalue weighted by Gasteiger charge is -2.33. The Labute approximate surface area is 277 Å². The summed E-state index contributed by atoms with van der Waals surface area (Å²) in [6, 6.07) is 14.3. The third kappa shape index (κ3) is 11.4. The van der Waals surface area contributed by atoms with Crippen LogP contribution in [0.25, 0.3) is 0 Å². The second-order valence-corrected chi connectivity index (χ2v) is 13.3. The van der Waals surface area contributed by atoms with Gasteiger partial charge in [0.15, 0.2) is 6.10 Å². The molecule has 256 valence electrons. The van der Waals surface area contributed by atoms with Gasteiger partial charge in [-0.2, -0.15) is 0 Å². The molecule has 12 nitrogen and oxygen atoms in total. The molecule has 12 heteroatoms. The normalized spacial score (nSPS) is 17.2. The number of benzene rings is 2. The molecule has 0 radical (unpaired) electrons. The molecular formula is C35H49N5O7. The lowest BCUT2D eigenvalue weighted by molar-refractivity contribution is -0.147. The maximum atomic E-state index is 13.7. The number of alkyl carbamates (subject to hydrolysis) is 1. The summed E-state index contributed by atoms with van der Waals surface area (Å²) in [6.07, 6.45) is -1.27. The van der Waals surface area contributed by atoms with E-state index < -0.39 is 59.6 Å². The van der Waals surface area contributed by atoms with Crippen LogP contribution in [0, 0.1) is 5.92 Å². The van der Waals surface area contributed by atoms with Gasteiger partial charge in [-0.3, -0.25) is 19.2 Å². The number of nitrogens with zero attached hydrogens (tertiary/aromatic N) is 1. The third-order valence-corrected chi connectivity index (χ3v) is 7.78. The van der Waals surface area contributed by atoms with Gasteiger partial charge < -0.3 is 36.0 Å². The van der Waals surface area contributed by atoms with Gasteiger partial charge in [0.1, 0.15) is 24.7 Å². The summed E-state index contributed by atoms with van der Waals surface area (Å²) in [4.78, 5) is 67.1. The maximum Gasteiger partial charge on any atom is 0.408 e. The summed E-state index contributed by atoms with van der Waals surface area (Å²) in [6.45, 7) is 10.8. The number of likely N-dealkylation sites (tertiary alicyclic amines) is 1. The molecule has 1 unspecified atom stereocenters.